The van der Waals surface area contributed by atoms with Crippen molar-refractivity contribution in [1.29, 1.82) is 0 Å². The molecule has 28 heavy (non-hydrogen) atoms. The summed E-state index contributed by atoms with van der Waals surface area (Å²) in [6.07, 6.45) is 2.57. The van der Waals surface area contributed by atoms with E-state index in [0.29, 0.717) is 25.7 Å². The fraction of sp³-hybridized carbons (Fsp3) is 0.550. The maximum Gasteiger partial charge on any atom is 0.221 e. The SMILES string of the molecule is CCC(CO)NC1=N/CN(C(C)C)/C=N\C/C(N(C)Cc2ccc(F)cc2)=N\1. The number of benzene rings is 1. The smallest absolute Gasteiger partial charge is 0.221 e. The Labute approximate surface area is 166 Å². The molecule has 1 unspecified atom stereocenters. The van der Waals surface area contributed by atoms with Crippen LogP contribution in [0.1, 0.15) is 32.8 Å². The van der Waals surface area contributed by atoms with Crippen LogP contribution in [0.2, 0.25) is 0 Å². The zero-order valence-electron chi connectivity index (χ0n) is 17.1. The van der Waals surface area contributed by atoms with Gasteiger partial charge in [0.15, 0.2) is 0 Å². The summed E-state index contributed by atoms with van der Waals surface area (Å²) in [6.45, 7) is 7.58. The molecule has 1 aromatic rings. The summed E-state index contributed by atoms with van der Waals surface area (Å²) in [7, 11) is 1.93. The van der Waals surface area contributed by atoms with Crippen LogP contribution in [0.15, 0.2) is 39.2 Å². The molecule has 0 aromatic heterocycles. The molecule has 0 saturated heterocycles. The van der Waals surface area contributed by atoms with E-state index in [1.165, 1.54) is 12.1 Å². The molecule has 0 saturated carbocycles. The van der Waals surface area contributed by atoms with Gasteiger partial charge >= 0.3 is 0 Å². The molecule has 0 radical (unpaired) electrons. The van der Waals surface area contributed by atoms with Gasteiger partial charge in [-0.25, -0.2) is 9.38 Å². The van der Waals surface area contributed by atoms with Crippen LogP contribution in [0.5, 0.6) is 0 Å². The second kappa shape index (κ2) is 10.8. The average molecular weight is 391 g/mol. The number of hydrogen-bond donors (Lipinski definition) is 2. The number of aliphatic imine (C=N–C) groups is 3. The van der Waals surface area contributed by atoms with Crippen molar-refractivity contribution in [1.82, 2.24) is 15.1 Å². The van der Waals surface area contributed by atoms with Crippen LogP contribution in [-0.4, -0.2) is 72.0 Å². The Balaban J connectivity index is 2.24. The highest BCUT2D eigenvalue weighted by Crippen LogP contribution is 2.08. The molecule has 1 heterocycles. The number of aliphatic hydroxyl groups is 1. The zero-order valence-corrected chi connectivity index (χ0v) is 17.1. The Hall–Kier alpha value is -2.48. The Kier molecular flexibility index (Phi) is 8.38. The first kappa shape index (κ1) is 21.8. The van der Waals surface area contributed by atoms with Gasteiger partial charge in [-0.15, -0.1) is 0 Å². The van der Waals surface area contributed by atoms with Crippen molar-refractivity contribution < 1.29 is 9.50 Å². The van der Waals surface area contributed by atoms with Gasteiger partial charge in [-0.3, -0.25) is 4.99 Å². The van der Waals surface area contributed by atoms with Crippen molar-refractivity contribution in [3.63, 3.8) is 0 Å². The fourth-order valence-electron chi connectivity index (χ4n) is 2.60. The van der Waals surface area contributed by atoms with Gasteiger partial charge in [0.1, 0.15) is 18.3 Å². The number of guanidine groups is 1. The van der Waals surface area contributed by atoms with Crippen molar-refractivity contribution in [3.05, 3.63) is 35.6 Å². The van der Waals surface area contributed by atoms with E-state index >= 15 is 0 Å². The summed E-state index contributed by atoms with van der Waals surface area (Å²) in [5.41, 5.74) is 0.979. The lowest BCUT2D eigenvalue weighted by Crippen LogP contribution is -2.39. The van der Waals surface area contributed by atoms with Gasteiger partial charge in [0.25, 0.3) is 0 Å². The van der Waals surface area contributed by atoms with Gasteiger partial charge in [0.05, 0.1) is 25.5 Å². The molecule has 0 bridgehead atoms. The molecule has 154 valence electrons. The van der Waals surface area contributed by atoms with Crippen LogP contribution >= 0.6 is 0 Å². The second-order valence-electron chi connectivity index (χ2n) is 7.13. The number of likely N-dealkylation sites (N-methyl/N-ethyl adjacent to an activating group) is 1. The molecule has 2 N–H and O–H groups in total. The topological polar surface area (TPSA) is 75.8 Å². The van der Waals surface area contributed by atoms with Crippen LogP contribution < -0.4 is 5.32 Å². The minimum absolute atomic E-state index is 0.0101. The molecular formula is C20H31FN6O. The molecule has 0 aliphatic carbocycles. The Morgan fingerprint density at radius 3 is 2.61 bits per heavy atom. The van der Waals surface area contributed by atoms with Gasteiger partial charge in [0, 0.05) is 19.6 Å². The van der Waals surface area contributed by atoms with E-state index in [4.69, 9.17) is 4.99 Å². The predicted molar refractivity (Wildman–Crippen MR) is 112 cm³/mol. The number of hydrogen-bond acceptors (Lipinski definition) is 7. The Morgan fingerprint density at radius 1 is 1.29 bits per heavy atom. The maximum absolute atomic E-state index is 13.2. The second-order valence-corrected chi connectivity index (χ2v) is 7.13. The molecule has 1 aliphatic heterocycles. The highest BCUT2D eigenvalue weighted by molar-refractivity contribution is 5.97. The normalized spacial score (nSPS) is 20.9. The van der Waals surface area contributed by atoms with Crippen LogP contribution in [0, 0.1) is 5.82 Å². The Bertz CT molecular complexity index is 697. The molecule has 7 nitrogen and oxygen atoms in total. The predicted octanol–water partition coefficient (Wildman–Crippen LogP) is 2.08. The first-order valence-corrected chi connectivity index (χ1v) is 9.63. The molecule has 0 amide bonds. The number of aliphatic hydroxyl groups excluding tert-OH is 1. The summed E-state index contributed by atoms with van der Waals surface area (Å²) in [5, 5.41) is 12.7. The van der Waals surface area contributed by atoms with Gasteiger partial charge in [-0.2, -0.15) is 4.99 Å². The molecule has 0 fully saturated rings. The maximum atomic E-state index is 13.2. The molecule has 8 heteroatoms. The highest BCUT2D eigenvalue weighted by Gasteiger charge is 2.14. The molecule has 1 atom stereocenters. The van der Waals surface area contributed by atoms with Crippen molar-refractivity contribution in [2.24, 2.45) is 15.0 Å². The van der Waals surface area contributed by atoms with E-state index in [1.54, 1.807) is 12.1 Å². The van der Waals surface area contributed by atoms with Crippen molar-refractivity contribution >= 4 is 18.1 Å². The molecule has 2 rings (SSSR count). The number of nitrogens with zero attached hydrogens (tertiary/aromatic N) is 5. The van der Waals surface area contributed by atoms with E-state index in [1.807, 2.05) is 30.1 Å². The lowest BCUT2D eigenvalue weighted by molar-refractivity contribution is 0.252. The van der Waals surface area contributed by atoms with Crippen molar-refractivity contribution in [2.45, 2.75) is 45.8 Å². The quantitative estimate of drug-likeness (QED) is 0.780. The summed E-state index contributed by atoms with van der Waals surface area (Å²) < 4.78 is 13.2. The summed E-state index contributed by atoms with van der Waals surface area (Å²) in [4.78, 5) is 17.8. The summed E-state index contributed by atoms with van der Waals surface area (Å²) >= 11 is 0. The number of halogens is 1. The van der Waals surface area contributed by atoms with Gasteiger partial charge in [-0.05, 0) is 38.0 Å². The first-order valence-electron chi connectivity index (χ1n) is 9.63. The molecule has 1 aliphatic rings. The third-order valence-corrected chi connectivity index (χ3v) is 4.56. The van der Waals surface area contributed by atoms with E-state index in [2.05, 4.69) is 29.1 Å². The van der Waals surface area contributed by atoms with Crippen molar-refractivity contribution in [3.8, 4) is 0 Å². The number of rotatable bonds is 6. The third-order valence-electron chi connectivity index (χ3n) is 4.56. The Morgan fingerprint density at radius 2 is 2.00 bits per heavy atom. The van der Waals surface area contributed by atoms with E-state index in [-0.39, 0.29) is 24.5 Å². The van der Waals surface area contributed by atoms with E-state index in [0.717, 1.165) is 17.8 Å². The zero-order chi connectivity index (χ0) is 20.5. The number of amidine groups is 1. The van der Waals surface area contributed by atoms with E-state index < -0.39 is 0 Å². The molecule has 0 spiro atoms. The lowest BCUT2D eigenvalue weighted by Gasteiger charge is -2.22. The van der Waals surface area contributed by atoms with Crippen LogP contribution in [-0.2, 0) is 6.54 Å². The number of nitrogens with one attached hydrogen (secondary N) is 1. The highest BCUT2D eigenvalue weighted by atomic mass is 19.1. The monoisotopic (exact) mass is 390 g/mol. The summed E-state index contributed by atoms with van der Waals surface area (Å²) in [6, 6.07) is 6.57. The lowest BCUT2D eigenvalue weighted by atomic mass is 10.2. The minimum Gasteiger partial charge on any atom is -0.394 e. The standard InChI is InChI=1S/C20H31FN6O/c1-5-18(12-28)24-20-23-14-27(15(2)3)13-22-10-19(25-20)26(4)11-16-6-8-17(21)9-7-16/h6-9,13,15,18,28H,5,10-12,14H2,1-4H3,(H,23,24)/b22-13-,25-19+. The molecular weight excluding hydrogens is 359 g/mol. The third kappa shape index (κ3) is 6.60. The minimum atomic E-state index is -0.252. The fourth-order valence-corrected chi connectivity index (χ4v) is 2.60. The van der Waals surface area contributed by atoms with Gasteiger partial charge in [0.2, 0.25) is 5.96 Å². The van der Waals surface area contributed by atoms with Crippen molar-refractivity contribution in [2.75, 3.05) is 26.9 Å². The van der Waals surface area contributed by atoms with Crippen LogP contribution in [0.25, 0.3) is 0 Å². The average Bonchev–Trinajstić information content (AvgIpc) is 2.78. The van der Waals surface area contributed by atoms with Crippen LogP contribution in [0.4, 0.5) is 4.39 Å². The van der Waals surface area contributed by atoms with Crippen LogP contribution in [0.3, 0.4) is 0 Å². The first-order chi connectivity index (χ1) is 13.4. The van der Waals surface area contributed by atoms with E-state index in [9.17, 15) is 9.50 Å². The summed E-state index contributed by atoms with van der Waals surface area (Å²) in [5.74, 6) is 0.973. The van der Waals surface area contributed by atoms with Gasteiger partial charge in [-0.1, -0.05) is 19.1 Å². The van der Waals surface area contributed by atoms with Gasteiger partial charge < -0.3 is 20.2 Å². The largest absolute Gasteiger partial charge is 0.394 e. The molecule has 1 aromatic carbocycles.